The van der Waals surface area contributed by atoms with Crippen molar-refractivity contribution >= 4 is 0 Å². The van der Waals surface area contributed by atoms with E-state index in [9.17, 15) is 0 Å². The molecular weight excluding hydrogens is 200 g/mol. The lowest BCUT2D eigenvalue weighted by molar-refractivity contribution is 0.305. The highest BCUT2D eigenvalue weighted by Crippen LogP contribution is 2.10. The molecule has 0 spiro atoms. The van der Waals surface area contributed by atoms with E-state index in [0.717, 1.165) is 18.7 Å². The molecule has 2 N–H and O–H groups in total. The maximum absolute atomic E-state index is 6.12. The molecule has 0 fully saturated rings. The summed E-state index contributed by atoms with van der Waals surface area (Å²) in [6, 6.07) is 0.0697. The third-order valence-corrected chi connectivity index (χ3v) is 2.80. The normalized spacial score (nSPS) is 13.3. The van der Waals surface area contributed by atoms with Gasteiger partial charge in [-0.1, -0.05) is 19.8 Å². The molecule has 0 aliphatic carbocycles. The second-order valence-electron chi connectivity index (χ2n) is 4.52. The first-order valence-corrected chi connectivity index (χ1v) is 6.06. The standard InChI is InChI=1S/C12H24N4/c1-4-5-6-7-15(2)10-12(13)11-8-14-16(3)9-11/h8-9,12H,4-7,10,13H2,1-3H3. The number of hydrogen-bond acceptors (Lipinski definition) is 3. The highest BCUT2D eigenvalue weighted by Gasteiger charge is 2.10. The van der Waals surface area contributed by atoms with E-state index in [2.05, 4.69) is 24.0 Å². The van der Waals surface area contributed by atoms with Gasteiger partial charge in [-0.25, -0.2) is 0 Å². The van der Waals surface area contributed by atoms with Crippen molar-refractivity contribution in [1.82, 2.24) is 14.7 Å². The summed E-state index contributed by atoms with van der Waals surface area (Å²) in [4.78, 5) is 2.30. The molecule has 0 aliphatic rings. The minimum Gasteiger partial charge on any atom is -0.323 e. The fourth-order valence-corrected chi connectivity index (χ4v) is 1.80. The number of aryl methyl sites for hydroxylation is 1. The molecule has 0 bridgehead atoms. The number of hydrogen-bond donors (Lipinski definition) is 1. The van der Waals surface area contributed by atoms with Crippen LogP contribution in [-0.2, 0) is 7.05 Å². The van der Waals surface area contributed by atoms with Gasteiger partial charge in [0.2, 0.25) is 0 Å². The van der Waals surface area contributed by atoms with Gasteiger partial charge in [-0.2, -0.15) is 5.10 Å². The minimum absolute atomic E-state index is 0.0697. The van der Waals surface area contributed by atoms with Crippen LogP contribution >= 0.6 is 0 Å². The molecule has 0 saturated carbocycles. The summed E-state index contributed by atoms with van der Waals surface area (Å²) in [6.45, 7) is 4.25. The van der Waals surface area contributed by atoms with Gasteiger partial charge in [0.15, 0.2) is 0 Å². The van der Waals surface area contributed by atoms with Gasteiger partial charge in [0.1, 0.15) is 0 Å². The number of nitrogens with two attached hydrogens (primary N) is 1. The molecule has 1 unspecified atom stereocenters. The molecule has 1 rings (SSSR count). The maximum Gasteiger partial charge on any atom is 0.0537 e. The molecule has 0 radical (unpaired) electrons. The lowest BCUT2D eigenvalue weighted by Gasteiger charge is -2.20. The fraction of sp³-hybridized carbons (Fsp3) is 0.750. The first-order valence-electron chi connectivity index (χ1n) is 6.06. The van der Waals surface area contributed by atoms with Crippen LogP contribution in [-0.4, -0.2) is 34.8 Å². The lowest BCUT2D eigenvalue weighted by Crippen LogP contribution is -2.29. The fourth-order valence-electron chi connectivity index (χ4n) is 1.80. The van der Waals surface area contributed by atoms with Crippen molar-refractivity contribution in [1.29, 1.82) is 0 Å². The maximum atomic E-state index is 6.12. The number of rotatable bonds is 7. The molecule has 1 heterocycles. The third kappa shape index (κ3) is 4.33. The zero-order valence-corrected chi connectivity index (χ0v) is 10.7. The zero-order chi connectivity index (χ0) is 12.0. The summed E-state index contributed by atoms with van der Waals surface area (Å²) in [5.74, 6) is 0. The lowest BCUT2D eigenvalue weighted by atomic mass is 10.1. The quantitative estimate of drug-likeness (QED) is 0.715. The second-order valence-corrected chi connectivity index (χ2v) is 4.52. The van der Waals surface area contributed by atoms with Gasteiger partial charge >= 0.3 is 0 Å². The highest BCUT2D eigenvalue weighted by molar-refractivity contribution is 5.09. The second kappa shape index (κ2) is 6.66. The van der Waals surface area contributed by atoms with Crippen LogP contribution in [0.1, 0.15) is 37.8 Å². The van der Waals surface area contributed by atoms with E-state index in [-0.39, 0.29) is 6.04 Å². The predicted molar refractivity (Wildman–Crippen MR) is 67.2 cm³/mol. The highest BCUT2D eigenvalue weighted by atomic mass is 15.2. The Hall–Kier alpha value is -0.870. The summed E-state index contributed by atoms with van der Waals surface area (Å²) in [6.07, 6.45) is 7.66. The van der Waals surface area contributed by atoms with Crippen molar-refractivity contribution in [2.75, 3.05) is 20.1 Å². The molecule has 16 heavy (non-hydrogen) atoms. The predicted octanol–water partition coefficient (Wildman–Crippen LogP) is 1.54. The Labute approximate surface area is 98.4 Å². The molecule has 1 aromatic heterocycles. The van der Waals surface area contributed by atoms with E-state index in [1.54, 1.807) is 4.68 Å². The largest absolute Gasteiger partial charge is 0.323 e. The van der Waals surface area contributed by atoms with Crippen LogP contribution in [0.15, 0.2) is 12.4 Å². The molecule has 0 amide bonds. The first kappa shape index (κ1) is 13.2. The SMILES string of the molecule is CCCCCN(C)CC(N)c1cnn(C)c1. The van der Waals surface area contributed by atoms with Crippen LogP contribution in [0.4, 0.5) is 0 Å². The minimum atomic E-state index is 0.0697. The van der Waals surface area contributed by atoms with Crippen molar-refractivity contribution < 1.29 is 0 Å². The van der Waals surface area contributed by atoms with Gasteiger partial charge < -0.3 is 10.6 Å². The van der Waals surface area contributed by atoms with E-state index in [1.165, 1.54) is 19.3 Å². The smallest absolute Gasteiger partial charge is 0.0537 e. The zero-order valence-electron chi connectivity index (χ0n) is 10.7. The van der Waals surface area contributed by atoms with Gasteiger partial charge in [-0.3, -0.25) is 4.68 Å². The van der Waals surface area contributed by atoms with Crippen LogP contribution in [0.2, 0.25) is 0 Å². The van der Waals surface area contributed by atoms with E-state index >= 15 is 0 Å². The summed E-state index contributed by atoms with van der Waals surface area (Å²) >= 11 is 0. The molecule has 0 aromatic carbocycles. The molecule has 92 valence electrons. The Morgan fingerprint density at radius 1 is 1.50 bits per heavy atom. The molecule has 4 heteroatoms. The van der Waals surface area contributed by atoms with Crippen molar-refractivity contribution in [3.05, 3.63) is 18.0 Å². The summed E-state index contributed by atoms with van der Waals surface area (Å²) in [5.41, 5.74) is 7.23. The van der Waals surface area contributed by atoms with Gasteiger partial charge in [-0.05, 0) is 20.0 Å². The first-order chi connectivity index (χ1) is 7.63. The Balaban J connectivity index is 2.30. The molecular formula is C12H24N4. The van der Waals surface area contributed by atoms with Crippen LogP contribution in [0, 0.1) is 0 Å². The summed E-state index contributed by atoms with van der Waals surface area (Å²) in [7, 11) is 4.05. The molecule has 0 aliphatic heterocycles. The van der Waals surface area contributed by atoms with Gasteiger partial charge in [0.25, 0.3) is 0 Å². The Bertz CT molecular complexity index is 295. The number of likely N-dealkylation sites (N-methyl/N-ethyl adjacent to an activating group) is 1. The van der Waals surface area contributed by atoms with Crippen molar-refractivity contribution in [2.45, 2.75) is 32.2 Å². The van der Waals surface area contributed by atoms with Gasteiger partial charge in [0.05, 0.1) is 6.20 Å². The van der Waals surface area contributed by atoms with Crippen LogP contribution in [0.5, 0.6) is 0 Å². The number of aromatic nitrogens is 2. The Morgan fingerprint density at radius 3 is 2.81 bits per heavy atom. The van der Waals surface area contributed by atoms with E-state index < -0.39 is 0 Å². The van der Waals surface area contributed by atoms with E-state index in [0.29, 0.717) is 0 Å². The van der Waals surface area contributed by atoms with Crippen molar-refractivity contribution in [3.63, 3.8) is 0 Å². The van der Waals surface area contributed by atoms with Crippen LogP contribution in [0.25, 0.3) is 0 Å². The van der Waals surface area contributed by atoms with Crippen LogP contribution < -0.4 is 5.73 Å². The van der Waals surface area contributed by atoms with E-state index in [4.69, 9.17) is 5.73 Å². The molecule has 4 nitrogen and oxygen atoms in total. The average molecular weight is 224 g/mol. The van der Waals surface area contributed by atoms with Crippen molar-refractivity contribution in [2.24, 2.45) is 12.8 Å². The topological polar surface area (TPSA) is 47.1 Å². The molecule has 1 atom stereocenters. The summed E-state index contributed by atoms with van der Waals surface area (Å²) in [5, 5.41) is 4.14. The molecule has 1 aromatic rings. The third-order valence-electron chi connectivity index (χ3n) is 2.80. The Kier molecular flexibility index (Phi) is 5.49. The van der Waals surface area contributed by atoms with Crippen molar-refractivity contribution in [3.8, 4) is 0 Å². The summed E-state index contributed by atoms with van der Waals surface area (Å²) < 4.78 is 1.80. The van der Waals surface area contributed by atoms with Crippen LogP contribution in [0.3, 0.4) is 0 Å². The number of unbranched alkanes of at least 4 members (excludes halogenated alkanes) is 2. The molecule has 0 saturated heterocycles. The average Bonchev–Trinajstić information content (AvgIpc) is 2.65. The Morgan fingerprint density at radius 2 is 2.25 bits per heavy atom. The number of nitrogens with zero attached hydrogens (tertiary/aromatic N) is 3. The van der Waals surface area contributed by atoms with Gasteiger partial charge in [0, 0.05) is 31.4 Å². The van der Waals surface area contributed by atoms with E-state index in [1.807, 2.05) is 19.4 Å². The van der Waals surface area contributed by atoms with Gasteiger partial charge in [-0.15, -0.1) is 0 Å². The monoisotopic (exact) mass is 224 g/mol.